The minimum atomic E-state index is -1.17. The number of hydrogen-bond donors (Lipinski definition) is 0. The first-order valence-electron chi connectivity index (χ1n) is 11.7. The van der Waals surface area contributed by atoms with E-state index in [1.54, 1.807) is 13.8 Å². The van der Waals surface area contributed by atoms with Crippen LogP contribution in [0.1, 0.15) is 65.9 Å². The Hall–Kier alpha value is -2.79. The average molecular weight is 449 g/mol. The van der Waals surface area contributed by atoms with Crippen molar-refractivity contribution in [1.82, 2.24) is 9.88 Å². The van der Waals surface area contributed by atoms with E-state index in [4.69, 9.17) is 9.72 Å². The molecule has 1 aliphatic heterocycles. The van der Waals surface area contributed by atoms with Gasteiger partial charge in [0, 0.05) is 31.7 Å². The highest BCUT2D eigenvalue weighted by Crippen LogP contribution is 2.36. The molecule has 174 valence electrons. The van der Waals surface area contributed by atoms with Gasteiger partial charge in [0.2, 0.25) is 0 Å². The zero-order valence-corrected chi connectivity index (χ0v) is 20.0. The van der Waals surface area contributed by atoms with E-state index >= 15 is 0 Å². The van der Waals surface area contributed by atoms with Crippen LogP contribution in [0, 0.1) is 5.92 Å². The number of methoxy groups -OCH3 is 1. The molecule has 33 heavy (non-hydrogen) atoms. The third kappa shape index (κ3) is 5.59. The summed E-state index contributed by atoms with van der Waals surface area (Å²) in [6.45, 7) is 7.63. The molecular formula is C28H33FN2O2. The fourth-order valence-corrected chi connectivity index (χ4v) is 4.84. The number of allylic oxidation sites excluding steroid dienone is 1. The predicted octanol–water partition coefficient (Wildman–Crippen LogP) is 5.69. The zero-order valence-electron chi connectivity index (χ0n) is 20.0. The summed E-state index contributed by atoms with van der Waals surface area (Å²) in [7, 11) is 1.40. The Morgan fingerprint density at radius 2 is 2.03 bits per heavy atom. The van der Waals surface area contributed by atoms with Gasteiger partial charge in [-0.05, 0) is 73.1 Å². The molecule has 2 heterocycles. The number of fused-ring (bicyclic) bond motifs is 1. The van der Waals surface area contributed by atoms with Gasteiger partial charge in [0.1, 0.15) is 5.67 Å². The number of nitrogens with zero attached hydrogens (tertiary/aromatic N) is 2. The van der Waals surface area contributed by atoms with Crippen molar-refractivity contribution in [3.05, 3.63) is 76.6 Å². The fraction of sp³-hybridized carbons (Fsp3) is 0.429. The van der Waals surface area contributed by atoms with Crippen molar-refractivity contribution in [1.29, 1.82) is 0 Å². The maximum atomic E-state index is 14.0. The lowest BCUT2D eigenvalue weighted by Crippen LogP contribution is -2.38. The quantitative estimate of drug-likeness (QED) is 0.532. The summed E-state index contributed by atoms with van der Waals surface area (Å²) < 4.78 is 18.7. The van der Waals surface area contributed by atoms with Gasteiger partial charge in [-0.3, -0.25) is 9.88 Å². The van der Waals surface area contributed by atoms with Crippen LogP contribution in [0.5, 0.6) is 0 Å². The van der Waals surface area contributed by atoms with E-state index in [1.165, 1.54) is 29.4 Å². The van der Waals surface area contributed by atoms with Crippen LogP contribution in [0.4, 0.5) is 4.39 Å². The van der Waals surface area contributed by atoms with Crippen LogP contribution >= 0.6 is 0 Å². The number of aromatic nitrogens is 1. The number of rotatable bonds is 6. The van der Waals surface area contributed by atoms with Crippen molar-refractivity contribution >= 4 is 17.6 Å². The molecule has 0 N–H and O–H groups in total. The van der Waals surface area contributed by atoms with Crippen molar-refractivity contribution < 1.29 is 13.9 Å². The summed E-state index contributed by atoms with van der Waals surface area (Å²) in [6, 6.07) is 9.90. The molecule has 0 saturated heterocycles. The lowest BCUT2D eigenvalue weighted by molar-refractivity contribution is 0.0600. The van der Waals surface area contributed by atoms with E-state index in [-0.39, 0.29) is 5.97 Å². The Morgan fingerprint density at radius 3 is 2.67 bits per heavy atom. The Labute approximate surface area is 196 Å². The van der Waals surface area contributed by atoms with Crippen LogP contribution in [0.15, 0.2) is 48.7 Å². The van der Waals surface area contributed by atoms with Gasteiger partial charge in [-0.2, -0.15) is 0 Å². The Kier molecular flexibility index (Phi) is 6.80. The Morgan fingerprint density at radius 1 is 1.27 bits per heavy atom. The standard InChI is InChI=1S/C28H33FN2O2/c1-19-23(15-20-5-7-22(8-6-20)27(32)33-4)9-10-24-16-25(17-30-26(19)24)21-11-13-31(14-12-21)18-28(2,3)29/h5-11,16-17,19,23H,12-15,18H2,1-4H3. The van der Waals surface area contributed by atoms with Gasteiger partial charge >= 0.3 is 5.97 Å². The van der Waals surface area contributed by atoms with Gasteiger partial charge in [0.05, 0.1) is 18.4 Å². The highest BCUT2D eigenvalue weighted by molar-refractivity contribution is 5.89. The van der Waals surface area contributed by atoms with Gasteiger partial charge in [-0.25, -0.2) is 9.18 Å². The topological polar surface area (TPSA) is 42.4 Å². The molecule has 1 aromatic heterocycles. The van der Waals surface area contributed by atoms with Crippen LogP contribution in [0.2, 0.25) is 0 Å². The lowest BCUT2D eigenvalue weighted by Gasteiger charge is -2.30. The second-order valence-corrected chi connectivity index (χ2v) is 9.84. The lowest BCUT2D eigenvalue weighted by atomic mass is 9.79. The largest absolute Gasteiger partial charge is 0.465 e. The number of pyridine rings is 1. The molecule has 1 aromatic carbocycles. The van der Waals surface area contributed by atoms with E-state index in [0.717, 1.165) is 31.6 Å². The molecule has 4 rings (SSSR count). The van der Waals surface area contributed by atoms with Crippen LogP contribution in [0.3, 0.4) is 0 Å². The van der Waals surface area contributed by atoms with E-state index in [1.807, 2.05) is 30.5 Å². The second kappa shape index (κ2) is 9.60. The van der Waals surface area contributed by atoms with Crippen LogP contribution in [-0.2, 0) is 11.2 Å². The molecule has 2 atom stereocenters. The number of benzene rings is 1. The third-order valence-corrected chi connectivity index (χ3v) is 6.66. The molecule has 1 aliphatic carbocycles. The molecule has 0 bridgehead atoms. The first-order valence-corrected chi connectivity index (χ1v) is 11.7. The van der Waals surface area contributed by atoms with E-state index in [9.17, 15) is 9.18 Å². The first-order chi connectivity index (χ1) is 15.7. The van der Waals surface area contributed by atoms with Crippen LogP contribution in [-0.4, -0.2) is 48.3 Å². The van der Waals surface area contributed by atoms with Crippen molar-refractivity contribution in [3.63, 3.8) is 0 Å². The minimum Gasteiger partial charge on any atom is -0.465 e. The molecule has 0 saturated carbocycles. The number of ether oxygens (including phenoxy) is 1. The van der Waals surface area contributed by atoms with E-state index in [2.05, 4.69) is 36.1 Å². The van der Waals surface area contributed by atoms with Crippen LogP contribution < -0.4 is 0 Å². The SMILES string of the molecule is COC(=O)c1ccc(CC2C=Cc3cc(C4=CCN(CC(C)(C)F)CC4)cnc3C2C)cc1. The summed E-state index contributed by atoms with van der Waals surface area (Å²) >= 11 is 0. The fourth-order valence-electron chi connectivity index (χ4n) is 4.84. The van der Waals surface area contributed by atoms with Crippen molar-refractivity contribution in [2.75, 3.05) is 26.7 Å². The predicted molar refractivity (Wildman–Crippen MR) is 131 cm³/mol. The van der Waals surface area contributed by atoms with Gasteiger partial charge < -0.3 is 4.74 Å². The number of carbonyl (C=O) groups is 1. The second-order valence-electron chi connectivity index (χ2n) is 9.84. The highest BCUT2D eigenvalue weighted by Gasteiger charge is 2.26. The monoisotopic (exact) mass is 448 g/mol. The van der Waals surface area contributed by atoms with Gasteiger partial charge in [0.25, 0.3) is 0 Å². The summed E-state index contributed by atoms with van der Waals surface area (Å²) in [5.74, 6) is 0.349. The van der Waals surface area contributed by atoms with Gasteiger partial charge in [-0.15, -0.1) is 0 Å². The van der Waals surface area contributed by atoms with Gasteiger partial charge in [0.15, 0.2) is 0 Å². The molecule has 2 aromatic rings. The maximum Gasteiger partial charge on any atom is 0.337 e. The summed E-state index contributed by atoms with van der Waals surface area (Å²) in [5.41, 5.74) is 5.38. The zero-order chi connectivity index (χ0) is 23.6. The van der Waals surface area contributed by atoms with Crippen LogP contribution in [0.25, 0.3) is 11.6 Å². The number of esters is 1. The molecule has 5 heteroatoms. The number of carbonyl (C=O) groups excluding carboxylic acids is 1. The number of alkyl halides is 1. The number of halogens is 1. The third-order valence-electron chi connectivity index (χ3n) is 6.66. The molecule has 0 radical (unpaired) electrons. The van der Waals surface area contributed by atoms with Crippen molar-refractivity contribution in [2.24, 2.45) is 5.92 Å². The van der Waals surface area contributed by atoms with E-state index in [0.29, 0.717) is 23.9 Å². The first kappa shape index (κ1) is 23.4. The maximum absolute atomic E-state index is 14.0. The molecule has 2 aliphatic rings. The number of hydrogen-bond acceptors (Lipinski definition) is 4. The summed E-state index contributed by atoms with van der Waals surface area (Å²) in [5, 5.41) is 0. The molecule has 0 fully saturated rings. The van der Waals surface area contributed by atoms with Crippen molar-refractivity contribution in [2.45, 2.75) is 45.2 Å². The van der Waals surface area contributed by atoms with Gasteiger partial charge in [-0.1, -0.05) is 37.3 Å². The summed E-state index contributed by atoms with van der Waals surface area (Å²) in [6.07, 6.45) is 10.5. The Bertz CT molecular complexity index is 1070. The molecule has 2 unspecified atom stereocenters. The summed E-state index contributed by atoms with van der Waals surface area (Å²) in [4.78, 5) is 18.7. The normalized spacial score (nSPS) is 20.8. The molecule has 0 spiro atoms. The smallest absolute Gasteiger partial charge is 0.337 e. The van der Waals surface area contributed by atoms with Crippen molar-refractivity contribution in [3.8, 4) is 0 Å². The molecular weight excluding hydrogens is 415 g/mol. The average Bonchev–Trinajstić information content (AvgIpc) is 2.80. The van der Waals surface area contributed by atoms with E-state index < -0.39 is 5.67 Å². The molecule has 4 nitrogen and oxygen atoms in total. The molecule has 0 amide bonds. The minimum absolute atomic E-state index is 0.307. The highest BCUT2D eigenvalue weighted by atomic mass is 19.1. The Balaban J connectivity index is 1.44.